The number of non-ortho nitro benzene ring substituents is 1. The van der Waals surface area contributed by atoms with Crippen molar-refractivity contribution < 1.29 is 22.9 Å². The molecule has 2 aromatic carbocycles. The average Bonchev–Trinajstić information content (AvgIpc) is 3.20. The number of hydrogen-bond donors (Lipinski definition) is 1. The van der Waals surface area contributed by atoms with Crippen LogP contribution in [0.3, 0.4) is 0 Å². The molecule has 0 saturated carbocycles. The molecular formula is C21H13F3N4O3. The Kier molecular flexibility index (Phi) is 5.88. The summed E-state index contributed by atoms with van der Waals surface area (Å²) in [6, 6.07) is 14.7. The van der Waals surface area contributed by atoms with E-state index in [2.05, 4.69) is 5.32 Å². The number of amides is 1. The van der Waals surface area contributed by atoms with Gasteiger partial charge in [0.15, 0.2) is 0 Å². The summed E-state index contributed by atoms with van der Waals surface area (Å²) in [6.07, 6.45) is -1.75. The Balaban J connectivity index is 1.89. The fraction of sp³-hybridized carbons (Fsp3) is 0.0476. The first-order valence-electron chi connectivity index (χ1n) is 8.71. The SMILES string of the molecule is N#C/C(=C/c1cccn1-c1cccc([N+](=O)[O-])c1)C(=O)Nc1cccc(C(F)(F)F)c1. The minimum atomic E-state index is -4.58. The van der Waals surface area contributed by atoms with Gasteiger partial charge in [-0.25, -0.2) is 0 Å². The summed E-state index contributed by atoms with van der Waals surface area (Å²) < 4.78 is 40.1. The second-order valence-electron chi connectivity index (χ2n) is 6.28. The lowest BCUT2D eigenvalue weighted by Crippen LogP contribution is -2.14. The lowest BCUT2D eigenvalue weighted by Gasteiger charge is -2.10. The summed E-state index contributed by atoms with van der Waals surface area (Å²) in [5.41, 5.74) is -0.744. The number of benzene rings is 2. The molecule has 0 spiro atoms. The van der Waals surface area contributed by atoms with E-state index in [4.69, 9.17) is 0 Å². The number of nitro groups is 1. The minimum Gasteiger partial charge on any atom is -0.321 e. The molecule has 0 aliphatic carbocycles. The first-order valence-corrected chi connectivity index (χ1v) is 8.71. The predicted octanol–water partition coefficient (Wildman–Crippen LogP) is 4.95. The highest BCUT2D eigenvalue weighted by molar-refractivity contribution is 6.09. The standard InChI is InChI=1S/C21H13F3N4O3/c22-21(23,24)15-4-1-5-16(11-15)26-20(29)14(13-25)10-17-8-3-9-27(17)18-6-2-7-19(12-18)28(30)31/h1-12H,(H,26,29)/b14-10-. The highest BCUT2D eigenvalue weighted by atomic mass is 19.4. The van der Waals surface area contributed by atoms with E-state index >= 15 is 0 Å². The molecule has 0 fully saturated rings. The lowest BCUT2D eigenvalue weighted by molar-refractivity contribution is -0.384. The summed E-state index contributed by atoms with van der Waals surface area (Å²) in [6.45, 7) is 0. The van der Waals surface area contributed by atoms with Crippen molar-refractivity contribution in [3.05, 3.63) is 93.8 Å². The van der Waals surface area contributed by atoms with Crippen LogP contribution in [0.4, 0.5) is 24.5 Å². The monoisotopic (exact) mass is 426 g/mol. The Bertz CT molecular complexity index is 1220. The van der Waals surface area contributed by atoms with Crippen molar-refractivity contribution in [3.8, 4) is 11.8 Å². The van der Waals surface area contributed by atoms with Crippen molar-refractivity contribution in [1.82, 2.24) is 4.57 Å². The van der Waals surface area contributed by atoms with E-state index in [1.165, 1.54) is 34.9 Å². The number of hydrogen-bond acceptors (Lipinski definition) is 4. The average molecular weight is 426 g/mol. The number of carbonyl (C=O) groups is 1. The van der Waals surface area contributed by atoms with E-state index in [1.807, 2.05) is 0 Å². The Hall–Kier alpha value is -4.39. The van der Waals surface area contributed by atoms with E-state index in [-0.39, 0.29) is 16.9 Å². The van der Waals surface area contributed by atoms with Gasteiger partial charge in [-0.3, -0.25) is 14.9 Å². The van der Waals surface area contributed by atoms with Gasteiger partial charge in [0.25, 0.3) is 11.6 Å². The van der Waals surface area contributed by atoms with Gasteiger partial charge in [-0.1, -0.05) is 12.1 Å². The van der Waals surface area contributed by atoms with Crippen LogP contribution in [0.15, 0.2) is 72.4 Å². The van der Waals surface area contributed by atoms with Gasteiger partial charge in [-0.05, 0) is 42.5 Å². The Morgan fingerprint density at radius 3 is 2.55 bits per heavy atom. The first-order chi connectivity index (χ1) is 14.7. The molecule has 156 valence electrons. The molecule has 1 heterocycles. The Morgan fingerprint density at radius 1 is 1.13 bits per heavy atom. The summed E-state index contributed by atoms with van der Waals surface area (Å²) in [5, 5.41) is 22.6. The van der Waals surface area contributed by atoms with Gasteiger partial charge in [-0.15, -0.1) is 0 Å². The third-order valence-electron chi connectivity index (χ3n) is 4.20. The van der Waals surface area contributed by atoms with E-state index in [1.54, 1.807) is 30.5 Å². The molecule has 10 heteroatoms. The molecule has 0 atom stereocenters. The highest BCUT2D eigenvalue weighted by Gasteiger charge is 2.30. The third kappa shape index (κ3) is 4.97. The number of nitro benzene ring substituents is 1. The lowest BCUT2D eigenvalue weighted by atomic mass is 10.1. The second kappa shape index (κ2) is 8.54. The van der Waals surface area contributed by atoms with Crippen molar-refractivity contribution in [2.45, 2.75) is 6.18 Å². The zero-order valence-corrected chi connectivity index (χ0v) is 15.6. The molecule has 31 heavy (non-hydrogen) atoms. The Labute approximate surface area is 173 Å². The van der Waals surface area contributed by atoms with E-state index < -0.39 is 22.6 Å². The fourth-order valence-electron chi connectivity index (χ4n) is 2.77. The summed E-state index contributed by atoms with van der Waals surface area (Å²) in [5.74, 6) is -0.895. The van der Waals surface area contributed by atoms with Crippen LogP contribution in [0.2, 0.25) is 0 Å². The molecule has 0 aliphatic heterocycles. The number of aromatic nitrogens is 1. The molecule has 1 N–H and O–H groups in total. The maximum Gasteiger partial charge on any atom is 0.416 e. The number of halogens is 3. The molecular weight excluding hydrogens is 413 g/mol. The molecule has 3 rings (SSSR count). The molecule has 0 unspecified atom stereocenters. The van der Waals surface area contributed by atoms with Crippen molar-refractivity contribution in [3.63, 3.8) is 0 Å². The fourth-order valence-corrected chi connectivity index (χ4v) is 2.77. The van der Waals surface area contributed by atoms with Crippen LogP contribution >= 0.6 is 0 Å². The van der Waals surface area contributed by atoms with Gasteiger partial charge < -0.3 is 9.88 Å². The van der Waals surface area contributed by atoms with Gasteiger partial charge in [-0.2, -0.15) is 18.4 Å². The molecule has 7 nitrogen and oxygen atoms in total. The van der Waals surface area contributed by atoms with Crippen molar-refractivity contribution in [1.29, 1.82) is 5.26 Å². The zero-order valence-electron chi connectivity index (χ0n) is 15.6. The quantitative estimate of drug-likeness (QED) is 0.270. The smallest absolute Gasteiger partial charge is 0.321 e. The number of anilines is 1. The van der Waals surface area contributed by atoms with Crippen LogP contribution < -0.4 is 5.32 Å². The van der Waals surface area contributed by atoms with E-state index in [0.717, 1.165) is 18.2 Å². The second-order valence-corrected chi connectivity index (χ2v) is 6.28. The summed E-state index contributed by atoms with van der Waals surface area (Å²) >= 11 is 0. The number of nitriles is 1. The molecule has 3 aromatic rings. The largest absolute Gasteiger partial charge is 0.416 e. The van der Waals surface area contributed by atoms with Gasteiger partial charge in [0, 0.05) is 29.7 Å². The van der Waals surface area contributed by atoms with Gasteiger partial charge in [0.1, 0.15) is 11.6 Å². The van der Waals surface area contributed by atoms with Crippen molar-refractivity contribution in [2.75, 3.05) is 5.32 Å². The van der Waals surface area contributed by atoms with Gasteiger partial charge in [0.2, 0.25) is 0 Å². The molecule has 0 bridgehead atoms. The third-order valence-corrected chi connectivity index (χ3v) is 4.20. The maximum atomic E-state index is 12.8. The van der Waals surface area contributed by atoms with Crippen LogP contribution in [-0.2, 0) is 11.0 Å². The molecule has 0 radical (unpaired) electrons. The number of alkyl halides is 3. The van der Waals surface area contributed by atoms with Crippen LogP contribution in [0, 0.1) is 21.4 Å². The van der Waals surface area contributed by atoms with E-state index in [0.29, 0.717) is 11.4 Å². The zero-order chi connectivity index (χ0) is 22.6. The summed E-state index contributed by atoms with van der Waals surface area (Å²) in [4.78, 5) is 22.9. The van der Waals surface area contributed by atoms with Gasteiger partial charge >= 0.3 is 6.18 Å². The maximum absolute atomic E-state index is 12.8. The van der Waals surface area contributed by atoms with Crippen molar-refractivity contribution >= 4 is 23.4 Å². The molecule has 0 saturated heterocycles. The molecule has 0 aliphatic rings. The number of carbonyl (C=O) groups excluding carboxylic acids is 1. The Morgan fingerprint density at radius 2 is 1.87 bits per heavy atom. The summed E-state index contributed by atoms with van der Waals surface area (Å²) in [7, 11) is 0. The van der Waals surface area contributed by atoms with Crippen LogP contribution in [0.5, 0.6) is 0 Å². The molecule has 1 amide bonds. The van der Waals surface area contributed by atoms with Crippen LogP contribution in [0.1, 0.15) is 11.3 Å². The number of nitrogens with one attached hydrogen (secondary N) is 1. The van der Waals surface area contributed by atoms with E-state index in [9.17, 15) is 33.3 Å². The van der Waals surface area contributed by atoms with Crippen LogP contribution in [0.25, 0.3) is 11.8 Å². The predicted molar refractivity (Wildman–Crippen MR) is 106 cm³/mol. The minimum absolute atomic E-state index is 0.116. The van der Waals surface area contributed by atoms with Gasteiger partial charge in [0.05, 0.1) is 16.2 Å². The highest BCUT2D eigenvalue weighted by Crippen LogP contribution is 2.30. The van der Waals surface area contributed by atoms with Crippen LogP contribution in [-0.4, -0.2) is 15.4 Å². The van der Waals surface area contributed by atoms with Crippen molar-refractivity contribution in [2.24, 2.45) is 0 Å². The number of rotatable bonds is 5. The topological polar surface area (TPSA) is 101 Å². The normalized spacial score (nSPS) is 11.6. The number of nitrogens with zero attached hydrogens (tertiary/aromatic N) is 3. The molecule has 1 aromatic heterocycles. The first kappa shape index (κ1) is 21.3.